The van der Waals surface area contributed by atoms with Gasteiger partial charge in [-0.05, 0) is 12.5 Å². The van der Waals surface area contributed by atoms with Crippen molar-refractivity contribution in [3.8, 4) is 0 Å². The van der Waals surface area contributed by atoms with Crippen LogP contribution >= 0.6 is 0 Å². The lowest BCUT2D eigenvalue weighted by molar-refractivity contribution is -0.170. The highest BCUT2D eigenvalue weighted by molar-refractivity contribution is 6.79. The zero-order chi connectivity index (χ0) is 14.7. The Morgan fingerprint density at radius 3 is 2.16 bits per heavy atom. The molecule has 0 aliphatic heterocycles. The highest BCUT2D eigenvalue weighted by Crippen LogP contribution is 2.36. The van der Waals surface area contributed by atoms with E-state index in [2.05, 4.69) is 0 Å². The van der Waals surface area contributed by atoms with Gasteiger partial charge in [0.05, 0.1) is 14.7 Å². The lowest BCUT2D eigenvalue weighted by atomic mass is 10.2. The second kappa shape index (κ2) is 5.69. The van der Waals surface area contributed by atoms with Gasteiger partial charge < -0.3 is 9.84 Å². The predicted octanol–water partition coefficient (Wildman–Crippen LogP) is 3.47. The highest BCUT2D eigenvalue weighted by atomic mass is 28.3. The number of hydrogen-bond acceptors (Lipinski definition) is 2. The molecule has 0 saturated heterocycles. The summed E-state index contributed by atoms with van der Waals surface area (Å²) in [7, 11) is -2.42. The van der Waals surface area contributed by atoms with Crippen molar-refractivity contribution in [1.29, 1.82) is 0 Å². The van der Waals surface area contributed by atoms with Crippen LogP contribution in [0.2, 0.25) is 19.6 Å². The van der Waals surface area contributed by atoms with Crippen LogP contribution in [-0.4, -0.2) is 30.9 Å². The Labute approximate surface area is 114 Å². The van der Waals surface area contributed by atoms with Gasteiger partial charge in [0, 0.05) is 0 Å². The van der Waals surface area contributed by atoms with Gasteiger partial charge in [-0.15, -0.1) is 0 Å². The molecule has 1 rings (SSSR count). The van der Waals surface area contributed by atoms with Crippen molar-refractivity contribution in [1.82, 2.24) is 0 Å². The van der Waals surface area contributed by atoms with Crippen molar-refractivity contribution in [3.05, 3.63) is 35.9 Å². The zero-order valence-corrected chi connectivity index (χ0v) is 12.9. The summed E-state index contributed by atoms with van der Waals surface area (Å²) >= 11 is 0. The van der Waals surface area contributed by atoms with Crippen LogP contribution in [0.3, 0.4) is 0 Å². The molecule has 1 unspecified atom stereocenters. The van der Waals surface area contributed by atoms with Crippen LogP contribution in [0, 0.1) is 0 Å². The molecule has 5 heteroatoms. The summed E-state index contributed by atoms with van der Waals surface area (Å²) in [4.78, 5) is 0. The molecule has 19 heavy (non-hydrogen) atoms. The van der Waals surface area contributed by atoms with Gasteiger partial charge >= 0.3 is 0 Å². The Balaban J connectivity index is 2.61. The molecule has 0 saturated carbocycles. The first-order chi connectivity index (χ1) is 8.58. The smallest absolute Gasteiger partial charge is 0.295 e. The highest BCUT2D eigenvalue weighted by Gasteiger charge is 2.56. The molecule has 2 nitrogen and oxygen atoms in total. The van der Waals surface area contributed by atoms with E-state index in [9.17, 15) is 13.9 Å². The Morgan fingerprint density at radius 2 is 1.68 bits per heavy atom. The molecule has 1 aromatic rings. The monoisotopic (exact) mass is 288 g/mol. The molecule has 108 valence electrons. The van der Waals surface area contributed by atoms with E-state index in [0.717, 1.165) is 5.56 Å². The summed E-state index contributed by atoms with van der Waals surface area (Å²) in [5.41, 5.74) is 0.839. The second-order valence-corrected chi connectivity index (χ2v) is 11.5. The molecule has 0 bridgehead atoms. The average Bonchev–Trinajstić information content (AvgIpc) is 2.28. The third-order valence-electron chi connectivity index (χ3n) is 3.57. The van der Waals surface area contributed by atoms with Crippen molar-refractivity contribution in [2.45, 2.75) is 44.3 Å². The first-order valence-corrected chi connectivity index (χ1v) is 9.80. The van der Waals surface area contributed by atoms with Crippen molar-refractivity contribution in [3.63, 3.8) is 0 Å². The lowest BCUT2D eigenvalue weighted by Gasteiger charge is -2.41. The molecule has 0 aromatic heterocycles. The molecular weight excluding hydrogens is 266 g/mol. The maximum absolute atomic E-state index is 14.1. The molecule has 1 N–H and O–H groups in total. The summed E-state index contributed by atoms with van der Waals surface area (Å²) in [6.45, 7) is 5.73. The van der Waals surface area contributed by atoms with Gasteiger partial charge in [-0.1, -0.05) is 50.0 Å². The van der Waals surface area contributed by atoms with Gasteiger partial charge in [0.15, 0.2) is 0 Å². The van der Waals surface area contributed by atoms with Crippen molar-refractivity contribution in [2.75, 3.05) is 6.61 Å². The largest absolute Gasteiger partial charge is 0.387 e. The van der Waals surface area contributed by atoms with Crippen molar-refractivity contribution < 1.29 is 18.6 Å². The molecule has 0 heterocycles. The topological polar surface area (TPSA) is 29.5 Å². The van der Waals surface area contributed by atoms with Gasteiger partial charge in [0.2, 0.25) is 0 Å². The van der Waals surface area contributed by atoms with Crippen LogP contribution in [0.5, 0.6) is 0 Å². The van der Waals surface area contributed by atoms with Crippen molar-refractivity contribution >= 4 is 8.07 Å². The number of benzene rings is 1. The van der Waals surface area contributed by atoms with Crippen LogP contribution in [-0.2, 0) is 11.3 Å². The molecular formula is C14H22F2O2Si. The van der Waals surface area contributed by atoms with E-state index < -0.39 is 25.8 Å². The van der Waals surface area contributed by atoms with E-state index in [1.165, 1.54) is 6.92 Å². The first kappa shape index (κ1) is 16.3. The van der Waals surface area contributed by atoms with Gasteiger partial charge in [-0.25, -0.2) is 8.78 Å². The van der Waals surface area contributed by atoms with E-state index >= 15 is 0 Å². The van der Waals surface area contributed by atoms with E-state index in [1.807, 2.05) is 30.3 Å². The van der Waals surface area contributed by atoms with Gasteiger partial charge in [-0.2, -0.15) is 0 Å². The maximum atomic E-state index is 14.1. The number of ether oxygens (including phenoxy) is 1. The SMILES string of the molecule is CC(O)(C(F)(F)COCc1ccccc1)[Si](C)(C)C. The molecule has 0 fully saturated rings. The summed E-state index contributed by atoms with van der Waals surface area (Å²) in [6, 6.07) is 9.14. The zero-order valence-electron chi connectivity index (χ0n) is 11.9. The van der Waals surface area contributed by atoms with Gasteiger partial charge in [-0.3, -0.25) is 0 Å². The Bertz CT molecular complexity index is 400. The predicted molar refractivity (Wildman–Crippen MR) is 75.0 cm³/mol. The summed E-state index contributed by atoms with van der Waals surface area (Å²) in [6.07, 6.45) is 0. The van der Waals surface area contributed by atoms with E-state index in [-0.39, 0.29) is 6.61 Å². The Hall–Kier alpha value is -0.783. The summed E-state index contributed by atoms with van der Waals surface area (Å²) in [5.74, 6) is -3.24. The van der Waals surface area contributed by atoms with Gasteiger partial charge in [0.1, 0.15) is 11.8 Å². The fourth-order valence-corrected chi connectivity index (χ4v) is 2.73. The Morgan fingerprint density at radius 1 is 1.16 bits per heavy atom. The number of rotatable bonds is 6. The third-order valence-corrected chi connectivity index (χ3v) is 6.85. The number of hydrogen-bond donors (Lipinski definition) is 1. The minimum absolute atomic E-state index is 0.123. The van der Waals surface area contributed by atoms with Crippen LogP contribution < -0.4 is 0 Å². The third kappa shape index (κ3) is 3.84. The fraction of sp³-hybridized carbons (Fsp3) is 0.571. The van der Waals surface area contributed by atoms with E-state index in [4.69, 9.17) is 4.74 Å². The molecule has 0 amide bonds. The first-order valence-electron chi connectivity index (χ1n) is 6.30. The summed E-state index contributed by atoms with van der Waals surface area (Å²) < 4.78 is 33.2. The van der Waals surface area contributed by atoms with Crippen LogP contribution in [0.15, 0.2) is 30.3 Å². The van der Waals surface area contributed by atoms with E-state index in [1.54, 1.807) is 19.6 Å². The average molecular weight is 288 g/mol. The van der Waals surface area contributed by atoms with Crippen LogP contribution in [0.4, 0.5) is 8.78 Å². The molecule has 1 atom stereocenters. The standard InChI is InChI=1S/C14H22F2O2Si/c1-13(17,19(2,3)4)14(15,16)11-18-10-12-8-6-5-7-9-12/h5-9,17H,10-11H2,1-4H3. The molecule has 0 aliphatic carbocycles. The van der Waals surface area contributed by atoms with Crippen LogP contribution in [0.25, 0.3) is 0 Å². The quantitative estimate of drug-likeness (QED) is 0.812. The minimum Gasteiger partial charge on any atom is -0.387 e. The molecule has 0 radical (unpaired) electrons. The van der Waals surface area contributed by atoms with E-state index in [0.29, 0.717) is 0 Å². The van der Waals surface area contributed by atoms with Gasteiger partial charge in [0.25, 0.3) is 5.92 Å². The maximum Gasteiger partial charge on any atom is 0.295 e. The summed E-state index contributed by atoms with van der Waals surface area (Å²) in [5, 5.41) is 8.12. The number of halogens is 2. The number of alkyl halides is 2. The molecule has 0 spiro atoms. The van der Waals surface area contributed by atoms with Crippen LogP contribution in [0.1, 0.15) is 12.5 Å². The normalized spacial score (nSPS) is 16.2. The van der Waals surface area contributed by atoms with Crippen molar-refractivity contribution in [2.24, 2.45) is 0 Å². The lowest BCUT2D eigenvalue weighted by Crippen LogP contribution is -2.63. The number of aliphatic hydroxyl groups is 1. The molecule has 0 aliphatic rings. The minimum atomic E-state index is -3.24. The second-order valence-electron chi connectivity index (χ2n) is 6.01. The Kier molecular flexibility index (Phi) is 4.87. The fourth-order valence-electron chi connectivity index (χ4n) is 1.56. The molecule has 1 aromatic carbocycles.